The first-order valence-corrected chi connectivity index (χ1v) is 3.95. The minimum atomic E-state index is 0.372. The Morgan fingerprint density at radius 1 is 1.80 bits per heavy atom. The number of furan rings is 1. The van der Waals surface area contributed by atoms with Gasteiger partial charge in [0.2, 0.25) is 0 Å². The predicted molar refractivity (Wildman–Crippen MR) is 43.3 cm³/mol. The standard InChI is InChI=1S/C7H9O2S/c1-6(8)10-5-7-3-2-4-9-7/h2-4,8H,5H2,1H3. The van der Waals surface area contributed by atoms with Gasteiger partial charge in [-0.3, -0.25) is 0 Å². The van der Waals surface area contributed by atoms with Gasteiger partial charge in [-0.25, -0.2) is 0 Å². The number of rotatable bonds is 2. The second-order valence-corrected chi connectivity index (χ2v) is 3.06. The molecule has 1 heterocycles. The molecule has 1 rings (SSSR count). The predicted octanol–water partition coefficient (Wildman–Crippen LogP) is 2.22. The molecule has 1 aromatic heterocycles. The Bertz CT molecular complexity index is 210. The molecule has 0 aliphatic rings. The van der Waals surface area contributed by atoms with Crippen LogP contribution in [0.1, 0.15) is 12.7 Å². The quantitative estimate of drug-likeness (QED) is 0.668. The first-order valence-electron chi connectivity index (χ1n) is 2.97. The number of hydrogen-bond donors (Lipinski definition) is 1. The summed E-state index contributed by atoms with van der Waals surface area (Å²) < 4.78 is 5.04. The highest BCUT2D eigenvalue weighted by Crippen LogP contribution is 2.06. The van der Waals surface area contributed by atoms with E-state index in [2.05, 4.69) is 0 Å². The van der Waals surface area contributed by atoms with E-state index in [9.17, 15) is 0 Å². The number of aliphatic hydroxyl groups is 1. The highest BCUT2D eigenvalue weighted by molar-refractivity contribution is 7.97. The van der Waals surface area contributed by atoms with Crippen LogP contribution in [0, 0.1) is 0 Å². The average molecular weight is 157 g/mol. The van der Waals surface area contributed by atoms with Crippen molar-refractivity contribution in [2.45, 2.75) is 12.7 Å². The summed E-state index contributed by atoms with van der Waals surface area (Å²) in [6, 6.07) is 3.72. The van der Waals surface area contributed by atoms with E-state index in [1.54, 1.807) is 13.2 Å². The van der Waals surface area contributed by atoms with Gasteiger partial charge >= 0.3 is 0 Å². The van der Waals surface area contributed by atoms with Crippen molar-refractivity contribution in [3.63, 3.8) is 0 Å². The fourth-order valence-electron chi connectivity index (χ4n) is 0.570. The molecule has 55 valence electrons. The third-order valence-corrected chi connectivity index (χ3v) is 1.85. The van der Waals surface area contributed by atoms with Crippen LogP contribution in [0.25, 0.3) is 0 Å². The van der Waals surface area contributed by atoms with Gasteiger partial charge in [-0.2, -0.15) is 0 Å². The molecule has 0 spiro atoms. The maximum atomic E-state index is 8.79. The SMILES string of the molecule is CC(O)=[S]Cc1ccco1. The van der Waals surface area contributed by atoms with Gasteiger partial charge in [0.05, 0.1) is 17.1 Å². The van der Waals surface area contributed by atoms with E-state index in [1.807, 2.05) is 12.1 Å². The van der Waals surface area contributed by atoms with Gasteiger partial charge < -0.3 is 9.52 Å². The summed E-state index contributed by atoms with van der Waals surface area (Å²) in [6.07, 6.45) is 1.63. The van der Waals surface area contributed by atoms with Gasteiger partial charge in [-0.05, 0) is 19.1 Å². The Kier molecular flexibility index (Phi) is 2.59. The molecule has 2 nitrogen and oxygen atoms in total. The molecule has 1 aromatic rings. The van der Waals surface area contributed by atoms with Gasteiger partial charge in [-0.1, -0.05) is 0 Å². The molecule has 10 heavy (non-hydrogen) atoms. The molecule has 0 saturated heterocycles. The van der Waals surface area contributed by atoms with Gasteiger partial charge in [0.25, 0.3) is 0 Å². The second kappa shape index (κ2) is 3.49. The van der Waals surface area contributed by atoms with Gasteiger partial charge in [0.15, 0.2) is 0 Å². The normalized spacial score (nSPS) is 12.0. The van der Waals surface area contributed by atoms with E-state index in [0.717, 1.165) is 5.76 Å². The number of hydrogen-bond acceptors (Lipinski definition) is 1. The lowest BCUT2D eigenvalue weighted by atomic mass is 10.5. The fraction of sp³-hybridized carbons (Fsp3) is 0.286. The molecule has 3 heteroatoms. The summed E-state index contributed by atoms with van der Waals surface area (Å²) >= 11 is 1.37. The smallest absolute Gasteiger partial charge is 0.117 e. The summed E-state index contributed by atoms with van der Waals surface area (Å²) in [5, 5.41) is 9.16. The average Bonchev–Trinajstić information content (AvgIpc) is 2.34. The van der Waals surface area contributed by atoms with E-state index in [4.69, 9.17) is 9.52 Å². The van der Waals surface area contributed by atoms with Crippen molar-refractivity contribution in [3.05, 3.63) is 24.2 Å². The lowest BCUT2D eigenvalue weighted by Crippen LogP contribution is -1.81. The van der Waals surface area contributed by atoms with Crippen LogP contribution in [-0.2, 0) is 5.75 Å². The molecular formula is C7H9O2S. The molecule has 0 fully saturated rings. The molecule has 1 radical (unpaired) electrons. The van der Waals surface area contributed by atoms with Crippen LogP contribution in [0.2, 0.25) is 0 Å². The molecule has 0 saturated carbocycles. The number of aliphatic hydroxyl groups excluding tert-OH is 1. The molecule has 1 N–H and O–H groups in total. The van der Waals surface area contributed by atoms with Crippen LogP contribution in [0.5, 0.6) is 0 Å². The third kappa shape index (κ3) is 2.29. The maximum Gasteiger partial charge on any atom is 0.117 e. The van der Waals surface area contributed by atoms with Crippen molar-refractivity contribution < 1.29 is 9.52 Å². The fourth-order valence-corrected chi connectivity index (χ4v) is 1.09. The molecule has 0 bridgehead atoms. The van der Waals surface area contributed by atoms with Gasteiger partial charge in [0.1, 0.15) is 5.76 Å². The summed E-state index contributed by atoms with van der Waals surface area (Å²) in [5.74, 6) is 1.59. The van der Waals surface area contributed by atoms with Crippen molar-refractivity contribution in [2.75, 3.05) is 0 Å². The summed E-state index contributed by atoms with van der Waals surface area (Å²) in [5.41, 5.74) is 0. The molecule has 0 amide bonds. The molecule has 0 atom stereocenters. The maximum absolute atomic E-state index is 8.79. The Morgan fingerprint density at radius 2 is 2.60 bits per heavy atom. The van der Waals surface area contributed by atoms with Crippen LogP contribution in [-0.4, -0.2) is 10.2 Å². The van der Waals surface area contributed by atoms with Crippen LogP contribution in [0.4, 0.5) is 0 Å². The van der Waals surface area contributed by atoms with Crippen LogP contribution < -0.4 is 0 Å². The second-order valence-electron chi connectivity index (χ2n) is 1.89. The van der Waals surface area contributed by atoms with Crippen molar-refractivity contribution in [1.29, 1.82) is 0 Å². The highest BCUT2D eigenvalue weighted by Gasteiger charge is 1.90. The van der Waals surface area contributed by atoms with Crippen molar-refractivity contribution in [2.24, 2.45) is 0 Å². The van der Waals surface area contributed by atoms with Gasteiger partial charge in [0, 0.05) is 0 Å². The minimum Gasteiger partial charge on any atom is -0.468 e. The Morgan fingerprint density at radius 3 is 3.10 bits per heavy atom. The lowest BCUT2D eigenvalue weighted by molar-refractivity contribution is 0.530. The lowest BCUT2D eigenvalue weighted by Gasteiger charge is -1.87. The zero-order valence-electron chi connectivity index (χ0n) is 5.70. The first kappa shape index (κ1) is 7.44. The Hall–Kier alpha value is -0.670. The molecule has 0 aromatic carbocycles. The Labute approximate surface area is 63.4 Å². The van der Waals surface area contributed by atoms with Gasteiger partial charge in [-0.15, -0.1) is 11.4 Å². The molecular weight excluding hydrogens is 148 g/mol. The van der Waals surface area contributed by atoms with E-state index in [0.29, 0.717) is 10.8 Å². The van der Waals surface area contributed by atoms with Crippen LogP contribution >= 0.6 is 11.4 Å². The topological polar surface area (TPSA) is 33.4 Å². The van der Waals surface area contributed by atoms with E-state index in [-0.39, 0.29) is 0 Å². The van der Waals surface area contributed by atoms with Crippen molar-refractivity contribution in [1.82, 2.24) is 0 Å². The summed E-state index contributed by atoms with van der Waals surface area (Å²) in [4.78, 5) is 0. The van der Waals surface area contributed by atoms with Crippen LogP contribution in [0.3, 0.4) is 0 Å². The van der Waals surface area contributed by atoms with Crippen molar-refractivity contribution in [3.8, 4) is 0 Å². The Balaban J connectivity index is 2.49. The highest BCUT2D eigenvalue weighted by atomic mass is 32.1. The molecule has 0 aliphatic heterocycles. The monoisotopic (exact) mass is 157 g/mol. The van der Waals surface area contributed by atoms with E-state index < -0.39 is 0 Å². The van der Waals surface area contributed by atoms with Crippen LogP contribution in [0.15, 0.2) is 22.8 Å². The minimum absolute atomic E-state index is 0.372. The third-order valence-electron chi connectivity index (χ3n) is 1.00. The zero-order valence-corrected chi connectivity index (χ0v) is 6.52. The largest absolute Gasteiger partial charge is 0.468 e. The molecule has 0 aliphatic carbocycles. The molecule has 0 unspecified atom stereocenters. The summed E-state index contributed by atoms with van der Waals surface area (Å²) in [7, 11) is 0. The zero-order chi connectivity index (χ0) is 7.40. The van der Waals surface area contributed by atoms with Crippen molar-refractivity contribution >= 4 is 16.4 Å². The summed E-state index contributed by atoms with van der Waals surface area (Å²) in [6.45, 7) is 1.66. The first-order chi connectivity index (χ1) is 4.79. The van der Waals surface area contributed by atoms with E-state index >= 15 is 0 Å². The van der Waals surface area contributed by atoms with E-state index in [1.165, 1.54) is 11.4 Å².